The van der Waals surface area contributed by atoms with Crippen molar-refractivity contribution in [2.45, 2.75) is 57.6 Å². The van der Waals surface area contributed by atoms with E-state index in [0.717, 1.165) is 40.2 Å². The van der Waals surface area contributed by atoms with Gasteiger partial charge in [0, 0.05) is 39.8 Å². The fraction of sp³-hybridized carbons (Fsp3) is 0.361. The Kier molecular flexibility index (Phi) is 10.6. The Morgan fingerprint density at radius 2 is 1.67 bits per heavy atom. The van der Waals surface area contributed by atoms with E-state index in [2.05, 4.69) is 5.32 Å². The van der Waals surface area contributed by atoms with E-state index in [4.69, 9.17) is 27.9 Å². The van der Waals surface area contributed by atoms with Crippen LogP contribution in [0.4, 0.5) is 8.78 Å². The smallest absolute Gasteiger partial charge is 0.370 e. The second-order valence-electron chi connectivity index (χ2n) is 14.0. The van der Waals surface area contributed by atoms with Gasteiger partial charge in [-0.3, -0.25) is 18.9 Å². The van der Waals surface area contributed by atoms with E-state index in [1.165, 1.54) is 17.0 Å². The summed E-state index contributed by atoms with van der Waals surface area (Å²) in [5, 5.41) is 3.90. The molecule has 3 heterocycles. The van der Waals surface area contributed by atoms with Crippen LogP contribution >= 0.6 is 42.1 Å². The maximum absolute atomic E-state index is 14.6. The third-order valence-corrected chi connectivity index (χ3v) is 11.8. The Morgan fingerprint density at radius 3 is 2.33 bits per heavy atom. The number of carbonyl (C=O) groups is 3. The third-order valence-electron chi connectivity index (χ3n) is 9.29. The van der Waals surface area contributed by atoms with Crippen molar-refractivity contribution in [2.75, 3.05) is 19.7 Å². The summed E-state index contributed by atoms with van der Waals surface area (Å²) in [6.07, 6.45) is -0.231. The van der Waals surface area contributed by atoms with Gasteiger partial charge >= 0.3 is 13.3 Å². The molecule has 0 spiro atoms. The molecule has 2 aliphatic heterocycles. The van der Waals surface area contributed by atoms with Crippen molar-refractivity contribution >= 4 is 69.9 Å². The van der Waals surface area contributed by atoms with Crippen LogP contribution in [0.1, 0.15) is 58.8 Å². The topological polar surface area (TPSA) is 136 Å². The molecule has 3 atom stereocenters. The summed E-state index contributed by atoms with van der Waals surface area (Å²) in [5.74, 6) is -1.38. The number of hydrogen-bond donors (Lipinski definition) is 3. The molecule has 0 radical (unpaired) electrons. The predicted octanol–water partition coefficient (Wildman–Crippen LogP) is 7.13. The first kappa shape index (κ1) is 38.3. The number of halogens is 4. The highest BCUT2D eigenvalue weighted by Crippen LogP contribution is 2.59. The van der Waals surface area contributed by atoms with Crippen molar-refractivity contribution in [2.24, 2.45) is 5.41 Å². The van der Waals surface area contributed by atoms with Crippen molar-refractivity contribution in [3.05, 3.63) is 104 Å². The molecule has 4 aromatic rings. The number of hydrogen-bond acceptors (Lipinski definition) is 6. The number of benzene rings is 3. The first-order valence-corrected chi connectivity index (χ1v) is 19.5. The molecule has 0 bridgehead atoms. The van der Waals surface area contributed by atoms with Gasteiger partial charge in [0.15, 0.2) is 0 Å². The maximum Gasteiger partial charge on any atom is 0.399 e. The predicted molar refractivity (Wildman–Crippen MR) is 195 cm³/mol. The number of ether oxygens (including phenoxy) is 1. The SMILES string of the molecule is CC(C)(C)[C@H](NC(=O)c1cc2cc(C(F)(F)P(=O)(O)O)ccc2s1)C(=O)N1Cc2ccccc2C[C@H]1C(=O)N1CCOC(c2cc(Cl)cc(Cl)c2)C1. The zero-order chi connectivity index (χ0) is 37.7. The molecule has 6 rings (SSSR count). The zero-order valence-electron chi connectivity index (χ0n) is 28.3. The van der Waals surface area contributed by atoms with Gasteiger partial charge in [-0.25, -0.2) is 0 Å². The van der Waals surface area contributed by atoms with E-state index < -0.39 is 54.2 Å². The van der Waals surface area contributed by atoms with Gasteiger partial charge in [0.2, 0.25) is 11.8 Å². The molecular formula is C36H36Cl2F2N3O7PS. The first-order chi connectivity index (χ1) is 24.3. The van der Waals surface area contributed by atoms with Crippen LogP contribution in [0, 0.1) is 5.41 Å². The lowest BCUT2D eigenvalue weighted by Gasteiger charge is -2.43. The van der Waals surface area contributed by atoms with Crippen LogP contribution in [-0.2, 0) is 37.5 Å². The summed E-state index contributed by atoms with van der Waals surface area (Å²) >= 11 is 13.5. The van der Waals surface area contributed by atoms with Crippen LogP contribution in [0.15, 0.2) is 66.7 Å². The van der Waals surface area contributed by atoms with Crippen molar-refractivity contribution in [1.82, 2.24) is 15.1 Å². The molecule has 1 fully saturated rings. The van der Waals surface area contributed by atoms with Crippen molar-refractivity contribution < 1.29 is 42.3 Å². The van der Waals surface area contributed by atoms with E-state index in [9.17, 15) is 37.5 Å². The minimum atomic E-state index is -5.80. The van der Waals surface area contributed by atoms with Gasteiger partial charge in [-0.1, -0.05) is 74.3 Å². The molecular weight excluding hydrogens is 758 g/mol. The Labute approximate surface area is 312 Å². The van der Waals surface area contributed by atoms with Crippen molar-refractivity contribution in [3.63, 3.8) is 0 Å². The molecule has 3 aromatic carbocycles. The van der Waals surface area contributed by atoms with Gasteiger partial charge in [0.1, 0.15) is 18.2 Å². The number of thiophene rings is 1. The molecule has 2 aliphatic rings. The fourth-order valence-electron chi connectivity index (χ4n) is 6.53. The number of carbonyl (C=O) groups excluding carboxylic acids is 3. The average Bonchev–Trinajstić information content (AvgIpc) is 3.52. The summed E-state index contributed by atoms with van der Waals surface area (Å²) in [6, 6.07) is 15.1. The number of alkyl halides is 2. The second-order valence-corrected chi connectivity index (χ2v) is 17.6. The minimum Gasteiger partial charge on any atom is -0.370 e. The van der Waals surface area contributed by atoms with Crippen molar-refractivity contribution in [3.8, 4) is 0 Å². The molecule has 3 amide bonds. The minimum absolute atomic E-state index is 0.103. The highest BCUT2D eigenvalue weighted by atomic mass is 35.5. The molecule has 1 unspecified atom stereocenters. The number of rotatable bonds is 7. The molecule has 3 N–H and O–H groups in total. The van der Waals surface area contributed by atoms with E-state index in [0.29, 0.717) is 21.3 Å². The standard InChI is InChI=1S/C36H36Cl2F2N3O7PS/c1-35(2,3)31(41-32(44)30-16-23-12-24(8-9-29(23)52-30)36(39,40)51(47,48)49)34(46)43-18-21-7-5-4-6-20(21)15-27(43)33(45)42-10-11-50-28(19-42)22-13-25(37)17-26(38)14-22/h4-9,12-14,16-17,27-28,31H,10-11,15,18-19H2,1-3H3,(H,41,44)(H2,47,48,49)/t27-,28?,31+/m0/s1. The summed E-state index contributed by atoms with van der Waals surface area (Å²) < 4.78 is 46.7. The maximum atomic E-state index is 14.6. The second kappa shape index (κ2) is 14.4. The summed E-state index contributed by atoms with van der Waals surface area (Å²) in [7, 11) is -5.80. The van der Waals surface area contributed by atoms with Crippen LogP contribution in [0.25, 0.3) is 10.1 Å². The zero-order valence-corrected chi connectivity index (χ0v) is 31.5. The van der Waals surface area contributed by atoms with Crippen molar-refractivity contribution in [1.29, 1.82) is 0 Å². The monoisotopic (exact) mass is 793 g/mol. The molecule has 1 saturated heterocycles. The van der Waals surface area contributed by atoms with Crippen LogP contribution in [0.5, 0.6) is 0 Å². The molecule has 0 saturated carbocycles. The fourth-order valence-corrected chi connectivity index (χ4v) is 8.49. The normalized spacial score (nSPS) is 18.9. The van der Waals surface area contributed by atoms with E-state index in [1.54, 1.807) is 43.9 Å². The van der Waals surface area contributed by atoms with E-state index in [-0.39, 0.29) is 42.3 Å². The highest BCUT2D eigenvalue weighted by Gasteiger charge is 2.50. The van der Waals surface area contributed by atoms with E-state index in [1.807, 2.05) is 24.3 Å². The van der Waals surface area contributed by atoms with Crippen LogP contribution < -0.4 is 5.32 Å². The third kappa shape index (κ3) is 7.77. The number of fused-ring (bicyclic) bond motifs is 2. The Morgan fingerprint density at radius 1 is 1.00 bits per heavy atom. The van der Waals surface area contributed by atoms with Gasteiger partial charge in [0.05, 0.1) is 18.0 Å². The number of morpholine rings is 1. The van der Waals surface area contributed by atoms with Crippen LogP contribution in [0.2, 0.25) is 10.0 Å². The van der Waals surface area contributed by atoms with Crippen LogP contribution in [-0.4, -0.2) is 69.1 Å². The lowest BCUT2D eigenvalue weighted by molar-refractivity contribution is -0.153. The largest absolute Gasteiger partial charge is 0.399 e. The quantitative estimate of drug-likeness (QED) is 0.169. The van der Waals surface area contributed by atoms with Gasteiger partial charge in [-0.15, -0.1) is 11.3 Å². The summed E-state index contributed by atoms with van der Waals surface area (Å²) in [6.45, 7) is 6.26. The molecule has 276 valence electrons. The number of nitrogens with one attached hydrogen (secondary N) is 1. The number of nitrogens with zero attached hydrogens (tertiary/aromatic N) is 2. The van der Waals surface area contributed by atoms with Gasteiger partial charge in [0.25, 0.3) is 5.91 Å². The average molecular weight is 795 g/mol. The molecule has 10 nitrogen and oxygen atoms in total. The van der Waals surface area contributed by atoms with Gasteiger partial charge in [-0.05, 0) is 63.9 Å². The molecule has 0 aliphatic carbocycles. The first-order valence-electron chi connectivity index (χ1n) is 16.4. The molecule has 52 heavy (non-hydrogen) atoms. The molecule has 1 aromatic heterocycles. The number of amides is 3. The summed E-state index contributed by atoms with van der Waals surface area (Å²) in [5.41, 5.74) is -3.60. The summed E-state index contributed by atoms with van der Waals surface area (Å²) in [4.78, 5) is 64.4. The highest BCUT2D eigenvalue weighted by molar-refractivity contribution is 7.52. The Hall–Kier alpha value is -3.42. The lowest BCUT2D eigenvalue weighted by Crippen LogP contribution is -2.61. The lowest BCUT2D eigenvalue weighted by atomic mass is 9.84. The Balaban J connectivity index is 1.27. The van der Waals surface area contributed by atoms with E-state index >= 15 is 0 Å². The Bertz CT molecular complexity index is 2080. The van der Waals surface area contributed by atoms with Gasteiger partial charge < -0.3 is 29.6 Å². The molecule has 16 heteroatoms. The van der Waals surface area contributed by atoms with Crippen LogP contribution in [0.3, 0.4) is 0 Å². The van der Waals surface area contributed by atoms with Gasteiger partial charge in [-0.2, -0.15) is 8.78 Å².